The first kappa shape index (κ1) is 9.97. The van der Waals surface area contributed by atoms with Crippen molar-refractivity contribution in [3.05, 3.63) is 73.2 Å². The number of hydrogen-bond donors (Lipinski definition) is 0. The fraction of sp³-hybridized carbons (Fsp3) is 0.133. The second-order valence-electron chi connectivity index (χ2n) is 3.73. The van der Waals surface area contributed by atoms with Crippen LogP contribution >= 0.6 is 0 Å². The summed E-state index contributed by atoms with van der Waals surface area (Å²) >= 11 is 0. The molecule has 0 aliphatic heterocycles. The molecule has 15 heavy (non-hydrogen) atoms. The molecule has 75 valence electrons. The fourth-order valence-electron chi connectivity index (χ4n) is 1.81. The second-order valence-corrected chi connectivity index (χ2v) is 3.73. The highest BCUT2D eigenvalue weighted by atomic mass is 14.2. The summed E-state index contributed by atoms with van der Waals surface area (Å²) in [5.41, 5.74) is 2.60. The number of allylic oxidation sites excluding steroid dienone is 5. The largest absolute Gasteiger partial charge is 0.103 e. The molecule has 1 aromatic rings. The molecule has 0 heteroatoms. The Morgan fingerprint density at radius 3 is 2.73 bits per heavy atom. The smallest absolute Gasteiger partial charge is 0.00152 e. The molecule has 2 rings (SSSR count). The number of hydrogen-bond acceptors (Lipinski definition) is 0. The summed E-state index contributed by atoms with van der Waals surface area (Å²) in [5, 5.41) is 0. The Labute approximate surface area is 91.6 Å². The van der Waals surface area contributed by atoms with Crippen molar-refractivity contribution in [2.24, 2.45) is 5.92 Å². The molecule has 1 radical (unpaired) electrons. The van der Waals surface area contributed by atoms with Crippen molar-refractivity contribution in [1.29, 1.82) is 0 Å². The lowest BCUT2D eigenvalue weighted by molar-refractivity contribution is 0.791. The molecular weight excluding hydrogens is 180 g/mol. The Hall–Kier alpha value is -1.56. The molecule has 0 nitrogen and oxygen atoms in total. The van der Waals surface area contributed by atoms with Crippen molar-refractivity contribution >= 4 is 5.57 Å². The van der Waals surface area contributed by atoms with Crippen LogP contribution in [0.1, 0.15) is 12.0 Å². The molecule has 0 aromatic heterocycles. The normalized spacial score (nSPS) is 19.7. The molecule has 0 fully saturated rings. The Bertz CT molecular complexity index is 382. The van der Waals surface area contributed by atoms with Gasteiger partial charge in [0.1, 0.15) is 0 Å². The number of rotatable bonds is 3. The Morgan fingerprint density at radius 2 is 2.00 bits per heavy atom. The van der Waals surface area contributed by atoms with Crippen molar-refractivity contribution in [2.45, 2.75) is 6.42 Å². The summed E-state index contributed by atoms with van der Waals surface area (Å²) in [6.45, 7) is 3.78. The van der Waals surface area contributed by atoms with E-state index in [-0.39, 0.29) is 0 Å². The third-order valence-corrected chi connectivity index (χ3v) is 2.57. The lowest BCUT2D eigenvalue weighted by Gasteiger charge is -2.16. The summed E-state index contributed by atoms with van der Waals surface area (Å²) in [5.74, 6) is 0.503. The highest BCUT2D eigenvalue weighted by Crippen LogP contribution is 2.27. The van der Waals surface area contributed by atoms with Crippen LogP contribution in [0.15, 0.2) is 61.2 Å². The van der Waals surface area contributed by atoms with Gasteiger partial charge in [-0.3, -0.25) is 0 Å². The molecule has 1 atom stereocenters. The van der Waals surface area contributed by atoms with Crippen LogP contribution in [0.2, 0.25) is 0 Å². The van der Waals surface area contributed by atoms with Crippen molar-refractivity contribution in [2.75, 3.05) is 0 Å². The van der Waals surface area contributed by atoms with E-state index in [1.807, 2.05) is 12.1 Å². The first-order valence-electron chi connectivity index (χ1n) is 5.30. The van der Waals surface area contributed by atoms with Gasteiger partial charge in [0.05, 0.1) is 0 Å². The van der Waals surface area contributed by atoms with E-state index in [1.54, 1.807) is 0 Å². The fourth-order valence-corrected chi connectivity index (χ4v) is 1.81. The van der Waals surface area contributed by atoms with Gasteiger partial charge in [-0.1, -0.05) is 54.6 Å². The van der Waals surface area contributed by atoms with Gasteiger partial charge in [0.25, 0.3) is 0 Å². The van der Waals surface area contributed by atoms with Crippen molar-refractivity contribution in [1.82, 2.24) is 0 Å². The average molecular weight is 195 g/mol. The molecule has 0 spiro atoms. The minimum Gasteiger partial charge on any atom is -0.103 e. The third-order valence-electron chi connectivity index (χ3n) is 2.57. The third kappa shape index (κ3) is 2.47. The monoisotopic (exact) mass is 195 g/mol. The van der Waals surface area contributed by atoms with Crippen LogP contribution in [0.3, 0.4) is 0 Å². The maximum Gasteiger partial charge on any atom is -0.00152 e. The molecule has 1 aromatic carbocycles. The average Bonchev–Trinajstić information content (AvgIpc) is 2.31. The van der Waals surface area contributed by atoms with Crippen molar-refractivity contribution < 1.29 is 0 Å². The lowest BCUT2D eigenvalue weighted by atomic mass is 9.88. The van der Waals surface area contributed by atoms with Gasteiger partial charge in [0.2, 0.25) is 0 Å². The van der Waals surface area contributed by atoms with Crippen LogP contribution in [0.4, 0.5) is 0 Å². The molecule has 0 heterocycles. The summed E-state index contributed by atoms with van der Waals surface area (Å²) in [6, 6.07) is 10.5. The summed E-state index contributed by atoms with van der Waals surface area (Å²) in [6.07, 6.45) is 11.8. The number of benzene rings is 1. The molecule has 0 saturated carbocycles. The molecule has 1 aliphatic carbocycles. The van der Waals surface area contributed by atoms with Gasteiger partial charge in [0, 0.05) is 0 Å². The zero-order valence-corrected chi connectivity index (χ0v) is 8.77. The van der Waals surface area contributed by atoms with Gasteiger partial charge >= 0.3 is 0 Å². The van der Waals surface area contributed by atoms with Gasteiger partial charge in [-0.25, -0.2) is 0 Å². The van der Waals surface area contributed by atoms with E-state index in [0.29, 0.717) is 5.92 Å². The van der Waals surface area contributed by atoms with Crippen LogP contribution in [-0.2, 0) is 0 Å². The molecule has 1 unspecified atom stereocenters. The van der Waals surface area contributed by atoms with Crippen LogP contribution < -0.4 is 0 Å². The van der Waals surface area contributed by atoms with Crippen LogP contribution in [0.25, 0.3) is 5.57 Å². The lowest BCUT2D eigenvalue weighted by Crippen LogP contribution is -2.01. The topological polar surface area (TPSA) is 0 Å². The molecular formula is C15H15. The zero-order chi connectivity index (χ0) is 10.5. The molecule has 1 aliphatic rings. The first-order chi connectivity index (χ1) is 7.40. The predicted octanol–water partition coefficient (Wildman–Crippen LogP) is 4.04. The van der Waals surface area contributed by atoms with E-state index in [9.17, 15) is 0 Å². The van der Waals surface area contributed by atoms with E-state index >= 15 is 0 Å². The molecule has 0 amide bonds. The first-order valence-corrected chi connectivity index (χ1v) is 5.30. The SMILES string of the molecule is C=CCC1[CH]C(c2ccccc2)=CC=C1. The van der Waals surface area contributed by atoms with Gasteiger partial charge < -0.3 is 0 Å². The Balaban J connectivity index is 2.15. The Kier molecular flexibility index (Phi) is 3.18. The van der Waals surface area contributed by atoms with Crippen molar-refractivity contribution in [3.63, 3.8) is 0 Å². The van der Waals surface area contributed by atoms with Crippen LogP contribution in [0.5, 0.6) is 0 Å². The van der Waals surface area contributed by atoms with Gasteiger partial charge in [-0.05, 0) is 29.9 Å². The van der Waals surface area contributed by atoms with Gasteiger partial charge in [-0.2, -0.15) is 0 Å². The quantitative estimate of drug-likeness (QED) is 0.639. The highest BCUT2D eigenvalue weighted by molar-refractivity contribution is 5.74. The minimum absolute atomic E-state index is 0.503. The zero-order valence-electron chi connectivity index (χ0n) is 8.77. The van der Waals surface area contributed by atoms with E-state index in [1.165, 1.54) is 11.1 Å². The molecule has 0 saturated heterocycles. The van der Waals surface area contributed by atoms with Crippen LogP contribution in [-0.4, -0.2) is 0 Å². The van der Waals surface area contributed by atoms with E-state index in [2.05, 4.69) is 55.5 Å². The van der Waals surface area contributed by atoms with Crippen molar-refractivity contribution in [3.8, 4) is 0 Å². The predicted molar refractivity (Wildman–Crippen MR) is 66.2 cm³/mol. The standard InChI is InChI=1S/C15H15/c1-2-7-13-8-6-11-15(12-13)14-9-4-3-5-10-14/h2-6,8-13H,1,7H2. The summed E-state index contributed by atoms with van der Waals surface area (Å²) < 4.78 is 0. The molecule has 0 bridgehead atoms. The van der Waals surface area contributed by atoms with Crippen LogP contribution in [0, 0.1) is 12.3 Å². The van der Waals surface area contributed by atoms with Gasteiger partial charge in [-0.15, -0.1) is 6.58 Å². The minimum atomic E-state index is 0.503. The second kappa shape index (κ2) is 4.79. The van der Waals surface area contributed by atoms with E-state index < -0.39 is 0 Å². The van der Waals surface area contributed by atoms with Gasteiger partial charge in [0.15, 0.2) is 0 Å². The maximum atomic E-state index is 3.78. The highest BCUT2D eigenvalue weighted by Gasteiger charge is 2.11. The Morgan fingerprint density at radius 1 is 1.20 bits per heavy atom. The van der Waals surface area contributed by atoms with E-state index in [4.69, 9.17) is 0 Å². The summed E-state index contributed by atoms with van der Waals surface area (Å²) in [7, 11) is 0. The van der Waals surface area contributed by atoms with E-state index in [0.717, 1.165) is 6.42 Å². The maximum absolute atomic E-state index is 3.78. The molecule has 0 N–H and O–H groups in total. The summed E-state index contributed by atoms with van der Waals surface area (Å²) in [4.78, 5) is 0.